The summed E-state index contributed by atoms with van der Waals surface area (Å²) in [5.41, 5.74) is 5.34. The first-order valence-corrected chi connectivity index (χ1v) is 9.32. The van der Waals surface area contributed by atoms with Crippen molar-refractivity contribution in [3.63, 3.8) is 0 Å². The van der Waals surface area contributed by atoms with E-state index < -0.39 is 0 Å². The highest BCUT2D eigenvalue weighted by atomic mass is 32.2. The number of aryl methyl sites for hydroxylation is 2. The van der Waals surface area contributed by atoms with E-state index in [-0.39, 0.29) is 0 Å². The third-order valence-corrected chi connectivity index (χ3v) is 6.12. The predicted molar refractivity (Wildman–Crippen MR) is 99.2 cm³/mol. The summed E-state index contributed by atoms with van der Waals surface area (Å²) in [6, 6.07) is 17.2. The molecular weight excluding hydrogens is 314 g/mol. The fraction of sp³-hybridized carbons (Fsp3) is 0.300. The summed E-state index contributed by atoms with van der Waals surface area (Å²) >= 11 is 1.84. The van der Waals surface area contributed by atoms with Gasteiger partial charge in [0.15, 0.2) is 11.0 Å². The van der Waals surface area contributed by atoms with Crippen molar-refractivity contribution in [3.8, 4) is 11.4 Å². The van der Waals surface area contributed by atoms with Crippen molar-refractivity contribution in [2.24, 2.45) is 7.05 Å². The van der Waals surface area contributed by atoms with Crippen LogP contribution in [0.2, 0.25) is 0 Å². The maximum absolute atomic E-state index is 4.48. The largest absolute Gasteiger partial charge is 0.305 e. The van der Waals surface area contributed by atoms with E-state index in [4.69, 9.17) is 0 Å². The number of rotatable bonds is 3. The van der Waals surface area contributed by atoms with Gasteiger partial charge >= 0.3 is 0 Å². The highest BCUT2D eigenvalue weighted by Crippen LogP contribution is 2.43. The van der Waals surface area contributed by atoms with Gasteiger partial charge in [-0.05, 0) is 42.9 Å². The molecular formula is C20H21N3S. The molecule has 1 aliphatic rings. The molecule has 1 aromatic heterocycles. The van der Waals surface area contributed by atoms with Crippen LogP contribution in [0.25, 0.3) is 11.4 Å². The van der Waals surface area contributed by atoms with Crippen LogP contribution in [0.4, 0.5) is 0 Å². The van der Waals surface area contributed by atoms with Crippen molar-refractivity contribution in [2.75, 3.05) is 0 Å². The fourth-order valence-electron chi connectivity index (χ4n) is 3.43. The molecule has 3 aromatic rings. The Hall–Kier alpha value is -2.07. The molecule has 1 aliphatic carbocycles. The molecule has 0 radical (unpaired) electrons. The molecule has 0 fully saturated rings. The Balaban J connectivity index is 1.65. The Bertz CT molecular complexity index is 869. The molecule has 3 nitrogen and oxygen atoms in total. The van der Waals surface area contributed by atoms with Gasteiger partial charge < -0.3 is 4.57 Å². The van der Waals surface area contributed by atoms with Gasteiger partial charge in [0.1, 0.15) is 0 Å². The van der Waals surface area contributed by atoms with Crippen molar-refractivity contribution < 1.29 is 0 Å². The van der Waals surface area contributed by atoms with Gasteiger partial charge in [-0.15, -0.1) is 10.2 Å². The average molecular weight is 335 g/mol. The number of thioether (sulfide) groups is 1. The van der Waals surface area contributed by atoms with E-state index in [0.29, 0.717) is 5.25 Å². The van der Waals surface area contributed by atoms with E-state index >= 15 is 0 Å². The number of nitrogens with zero attached hydrogens (tertiary/aromatic N) is 3. The van der Waals surface area contributed by atoms with Gasteiger partial charge in [-0.2, -0.15) is 0 Å². The first kappa shape index (κ1) is 15.5. The fourth-order valence-corrected chi connectivity index (χ4v) is 4.66. The standard InChI is InChI=1S/C20H21N3S/c1-14-8-3-5-11-16(14)19-21-22-20(23(19)2)24-18-13-7-10-15-9-4-6-12-17(15)18/h3-6,8-9,11-12,18H,7,10,13H2,1-2H3. The van der Waals surface area contributed by atoms with E-state index in [1.807, 2.05) is 11.8 Å². The summed E-state index contributed by atoms with van der Waals surface area (Å²) < 4.78 is 2.13. The van der Waals surface area contributed by atoms with Crippen LogP contribution in [0, 0.1) is 6.92 Å². The van der Waals surface area contributed by atoms with Crippen LogP contribution >= 0.6 is 11.8 Å². The van der Waals surface area contributed by atoms with Crippen LogP contribution in [0.5, 0.6) is 0 Å². The average Bonchev–Trinajstić information content (AvgIpc) is 2.96. The number of aromatic nitrogens is 3. The first-order valence-electron chi connectivity index (χ1n) is 8.44. The minimum absolute atomic E-state index is 0.475. The molecule has 0 amide bonds. The SMILES string of the molecule is Cc1ccccc1-c1nnc(SC2CCCc3ccccc32)n1C. The normalized spacial score (nSPS) is 16.8. The third-order valence-electron chi connectivity index (χ3n) is 4.78. The van der Waals surface area contributed by atoms with Gasteiger partial charge in [0.25, 0.3) is 0 Å². The number of hydrogen-bond donors (Lipinski definition) is 0. The van der Waals surface area contributed by atoms with Crippen molar-refractivity contribution in [3.05, 3.63) is 65.2 Å². The van der Waals surface area contributed by atoms with Gasteiger partial charge in [-0.3, -0.25) is 0 Å². The van der Waals surface area contributed by atoms with Crippen LogP contribution in [0.15, 0.2) is 53.7 Å². The monoisotopic (exact) mass is 335 g/mol. The zero-order valence-corrected chi connectivity index (χ0v) is 14.9. The lowest BCUT2D eigenvalue weighted by molar-refractivity contribution is 0.668. The second kappa shape index (κ2) is 6.44. The molecule has 122 valence electrons. The minimum Gasteiger partial charge on any atom is -0.305 e. The van der Waals surface area contributed by atoms with Gasteiger partial charge in [0.05, 0.1) is 0 Å². The highest BCUT2D eigenvalue weighted by Gasteiger charge is 2.23. The highest BCUT2D eigenvalue weighted by molar-refractivity contribution is 7.99. The van der Waals surface area contributed by atoms with Crippen LogP contribution in [0.1, 0.15) is 34.8 Å². The zero-order valence-electron chi connectivity index (χ0n) is 14.1. The van der Waals surface area contributed by atoms with Crippen molar-refractivity contribution in [1.82, 2.24) is 14.8 Å². The van der Waals surface area contributed by atoms with Crippen LogP contribution < -0.4 is 0 Å². The van der Waals surface area contributed by atoms with Gasteiger partial charge in [0.2, 0.25) is 0 Å². The number of fused-ring (bicyclic) bond motifs is 1. The molecule has 4 rings (SSSR count). The Morgan fingerprint density at radius 3 is 2.71 bits per heavy atom. The molecule has 0 saturated carbocycles. The molecule has 4 heteroatoms. The summed E-state index contributed by atoms with van der Waals surface area (Å²) in [7, 11) is 2.07. The lowest BCUT2D eigenvalue weighted by atomic mass is 9.91. The van der Waals surface area contributed by atoms with E-state index in [9.17, 15) is 0 Å². The van der Waals surface area contributed by atoms with Crippen LogP contribution in [-0.4, -0.2) is 14.8 Å². The number of hydrogen-bond acceptors (Lipinski definition) is 3. The molecule has 0 spiro atoms. The van der Waals surface area contributed by atoms with E-state index in [1.54, 1.807) is 0 Å². The van der Waals surface area contributed by atoms with Crippen molar-refractivity contribution in [1.29, 1.82) is 0 Å². The van der Waals surface area contributed by atoms with Gasteiger partial charge in [-0.1, -0.05) is 60.3 Å². The van der Waals surface area contributed by atoms with Crippen molar-refractivity contribution in [2.45, 2.75) is 36.6 Å². The summed E-state index contributed by atoms with van der Waals surface area (Å²) in [5, 5.41) is 10.4. The van der Waals surface area contributed by atoms with Crippen LogP contribution in [0.3, 0.4) is 0 Å². The Kier molecular flexibility index (Phi) is 4.15. The quantitative estimate of drug-likeness (QED) is 0.678. The maximum Gasteiger partial charge on any atom is 0.191 e. The molecule has 0 bridgehead atoms. The second-order valence-electron chi connectivity index (χ2n) is 6.38. The molecule has 1 atom stereocenters. The molecule has 24 heavy (non-hydrogen) atoms. The smallest absolute Gasteiger partial charge is 0.191 e. The minimum atomic E-state index is 0.475. The first-order chi connectivity index (χ1) is 11.7. The number of benzene rings is 2. The molecule has 1 unspecified atom stereocenters. The molecule has 1 heterocycles. The Morgan fingerprint density at radius 1 is 1.04 bits per heavy atom. The Labute approximate surface area is 147 Å². The summed E-state index contributed by atoms with van der Waals surface area (Å²) in [6.45, 7) is 2.12. The topological polar surface area (TPSA) is 30.7 Å². The van der Waals surface area contributed by atoms with E-state index in [1.165, 1.54) is 36.0 Å². The van der Waals surface area contributed by atoms with E-state index in [2.05, 4.69) is 77.3 Å². The zero-order chi connectivity index (χ0) is 16.5. The summed E-state index contributed by atoms with van der Waals surface area (Å²) in [5.74, 6) is 0.944. The molecule has 0 saturated heterocycles. The van der Waals surface area contributed by atoms with Crippen molar-refractivity contribution >= 4 is 11.8 Å². The lowest BCUT2D eigenvalue weighted by Gasteiger charge is -2.24. The predicted octanol–water partition coefficient (Wildman–Crippen LogP) is 4.96. The van der Waals surface area contributed by atoms with Gasteiger partial charge in [0, 0.05) is 17.9 Å². The van der Waals surface area contributed by atoms with E-state index in [0.717, 1.165) is 16.5 Å². The molecule has 2 aromatic carbocycles. The maximum atomic E-state index is 4.48. The van der Waals surface area contributed by atoms with Crippen LogP contribution in [-0.2, 0) is 13.5 Å². The molecule has 0 aliphatic heterocycles. The summed E-state index contributed by atoms with van der Waals surface area (Å²) in [6.07, 6.45) is 3.64. The molecule has 0 N–H and O–H groups in total. The van der Waals surface area contributed by atoms with Gasteiger partial charge in [-0.25, -0.2) is 0 Å². The Morgan fingerprint density at radius 2 is 1.83 bits per heavy atom. The lowest BCUT2D eigenvalue weighted by Crippen LogP contribution is -2.08. The second-order valence-corrected chi connectivity index (χ2v) is 7.55. The third kappa shape index (κ3) is 2.75. The summed E-state index contributed by atoms with van der Waals surface area (Å²) in [4.78, 5) is 0.